The molecule has 6 heteroatoms. The van der Waals surface area contributed by atoms with Gasteiger partial charge in [0.1, 0.15) is 0 Å². The second-order valence-electron chi connectivity index (χ2n) is 8.06. The standard InChI is InChI=1S/C21H25N5O/c1-13-16(11-23-21(22)24-13)20(27)26-12-17(14-5-3-2-4-6-14)19-18(26)15-7-9-25(19)10-8-15/h2-6,11,15,17-19H,7-10,12H2,1H3,(H2,22,23,24)/t17-,18-,19-/m1/s1. The molecule has 4 aliphatic heterocycles. The molecule has 0 radical (unpaired) electrons. The van der Waals surface area contributed by atoms with Crippen LogP contribution >= 0.6 is 0 Å². The number of likely N-dealkylation sites (tertiary alicyclic amines) is 1. The van der Waals surface area contributed by atoms with E-state index in [9.17, 15) is 4.79 Å². The predicted molar refractivity (Wildman–Crippen MR) is 103 cm³/mol. The molecular weight excluding hydrogens is 338 g/mol. The molecule has 1 aromatic carbocycles. The molecule has 1 aromatic heterocycles. The second-order valence-corrected chi connectivity index (χ2v) is 8.06. The second kappa shape index (κ2) is 6.30. The van der Waals surface area contributed by atoms with Crippen LogP contribution in [-0.4, -0.2) is 57.4 Å². The van der Waals surface area contributed by atoms with Gasteiger partial charge >= 0.3 is 0 Å². The summed E-state index contributed by atoms with van der Waals surface area (Å²) in [5.41, 5.74) is 8.25. The van der Waals surface area contributed by atoms with E-state index in [-0.39, 0.29) is 17.9 Å². The first-order valence-electron chi connectivity index (χ1n) is 9.82. The van der Waals surface area contributed by atoms with Crippen molar-refractivity contribution in [2.45, 2.75) is 37.8 Å². The minimum absolute atomic E-state index is 0.0506. The maximum atomic E-state index is 13.5. The Morgan fingerprint density at radius 2 is 1.89 bits per heavy atom. The third-order valence-corrected chi connectivity index (χ3v) is 6.71. The van der Waals surface area contributed by atoms with E-state index < -0.39 is 0 Å². The highest BCUT2D eigenvalue weighted by atomic mass is 16.2. The number of rotatable bonds is 2. The quantitative estimate of drug-likeness (QED) is 0.884. The molecule has 0 spiro atoms. The minimum atomic E-state index is 0.0506. The molecule has 6 rings (SSSR count). The predicted octanol–water partition coefficient (Wildman–Crippen LogP) is 2.07. The maximum Gasteiger partial charge on any atom is 0.257 e. The van der Waals surface area contributed by atoms with E-state index in [1.54, 1.807) is 6.20 Å². The minimum Gasteiger partial charge on any atom is -0.368 e. The fourth-order valence-electron chi connectivity index (χ4n) is 5.50. The maximum absolute atomic E-state index is 13.5. The van der Waals surface area contributed by atoms with Crippen LogP contribution in [0, 0.1) is 12.8 Å². The average Bonchev–Trinajstić information content (AvgIpc) is 3.12. The fourth-order valence-corrected chi connectivity index (χ4v) is 5.50. The van der Waals surface area contributed by atoms with Crippen LogP contribution in [0.1, 0.15) is 40.4 Å². The van der Waals surface area contributed by atoms with Gasteiger partial charge in [-0.1, -0.05) is 30.3 Å². The summed E-state index contributed by atoms with van der Waals surface area (Å²) in [7, 11) is 0. The van der Waals surface area contributed by atoms with Crippen LogP contribution < -0.4 is 5.73 Å². The van der Waals surface area contributed by atoms with Crippen LogP contribution in [0.5, 0.6) is 0 Å². The third kappa shape index (κ3) is 2.62. The number of anilines is 1. The number of carbonyl (C=O) groups excluding carboxylic acids is 1. The van der Waals surface area contributed by atoms with E-state index in [1.165, 1.54) is 18.4 Å². The highest BCUT2D eigenvalue weighted by molar-refractivity contribution is 5.95. The molecule has 2 N–H and O–H groups in total. The van der Waals surface area contributed by atoms with Crippen molar-refractivity contribution in [2.75, 3.05) is 25.4 Å². The molecule has 2 aromatic rings. The van der Waals surface area contributed by atoms with Crippen LogP contribution in [0.25, 0.3) is 0 Å². The molecular formula is C21H25N5O. The highest BCUT2D eigenvalue weighted by Gasteiger charge is 2.54. The number of fused-ring (bicyclic) bond motifs is 2. The van der Waals surface area contributed by atoms with Crippen molar-refractivity contribution in [2.24, 2.45) is 5.92 Å². The van der Waals surface area contributed by atoms with Crippen molar-refractivity contribution in [3.8, 4) is 0 Å². The van der Waals surface area contributed by atoms with E-state index in [4.69, 9.17) is 5.73 Å². The Bertz CT molecular complexity index is 862. The SMILES string of the molecule is Cc1nc(N)ncc1C(=O)N1C[C@H](c2ccccc2)[C@@H]2[C@H]1C1CCN2CC1. The number of benzene rings is 1. The molecule has 0 aliphatic carbocycles. The van der Waals surface area contributed by atoms with Crippen LogP contribution in [0.3, 0.4) is 0 Å². The summed E-state index contributed by atoms with van der Waals surface area (Å²) in [4.78, 5) is 26.5. The van der Waals surface area contributed by atoms with Gasteiger partial charge in [-0.25, -0.2) is 9.97 Å². The topological polar surface area (TPSA) is 75.3 Å². The summed E-state index contributed by atoms with van der Waals surface area (Å²) in [6.07, 6.45) is 3.96. The number of hydrogen-bond donors (Lipinski definition) is 1. The largest absolute Gasteiger partial charge is 0.368 e. The van der Waals surface area contributed by atoms with Gasteiger partial charge in [0.15, 0.2) is 0 Å². The van der Waals surface area contributed by atoms with Crippen LogP contribution in [0.2, 0.25) is 0 Å². The molecule has 5 heterocycles. The van der Waals surface area contributed by atoms with Crippen molar-refractivity contribution in [3.63, 3.8) is 0 Å². The number of aromatic nitrogens is 2. The van der Waals surface area contributed by atoms with Gasteiger partial charge < -0.3 is 10.6 Å². The molecule has 1 amide bonds. The van der Waals surface area contributed by atoms with Gasteiger partial charge in [0.25, 0.3) is 5.91 Å². The zero-order chi connectivity index (χ0) is 18.5. The summed E-state index contributed by atoms with van der Waals surface area (Å²) in [6, 6.07) is 11.4. The summed E-state index contributed by atoms with van der Waals surface area (Å²) < 4.78 is 0. The smallest absolute Gasteiger partial charge is 0.257 e. The van der Waals surface area contributed by atoms with Gasteiger partial charge in [-0.15, -0.1) is 0 Å². The molecule has 27 heavy (non-hydrogen) atoms. The molecule has 140 valence electrons. The highest BCUT2D eigenvalue weighted by Crippen LogP contribution is 2.46. The Morgan fingerprint density at radius 3 is 2.59 bits per heavy atom. The number of nitrogens with zero attached hydrogens (tertiary/aromatic N) is 4. The van der Waals surface area contributed by atoms with E-state index >= 15 is 0 Å². The Kier molecular flexibility index (Phi) is 3.90. The Balaban J connectivity index is 1.53. The zero-order valence-corrected chi connectivity index (χ0v) is 15.6. The van der Waals surface area contributed by atoms with Crippen molar-refractivity contribution in [3.05, 3.63) is 53.3 Å². The summed E-state index contributed by atoms with van der Waals surface area (Å²) in [5.74, 6) is 1.22. The summed E-state index contributed by atoms with van der Waals surface area (Å²) >= 11 is 0. The van der Waals surface area contributed by atoms with E-state index in [2.05, 4.69) is 50.1 Å². The summed E-state index contributed by atoms with van der Waals surface area (Å²) in [5, 5.41) is 0. The van der Waals surface area contributed by atoms with Crippen LogP contribution in [0.4, 0.5) is 5.95 Å². The van der Waals surface area contributed by atoms with Crippen molar-refractivity contribution in [1.82, 2.24) is 19.8 Å². The molecule has 2 bridgehead atoms. The molecule has 0 unspecified atom stereocenters. The summed E-state index contributed by atoms with van der Waals surface area (Å²) in [6.45, 7) is 4.90. The molecule has 4 fully saturated rings. The lowest BCUT2D eigenvalue weighted by atomic mass is 9.75. The van der Waals surface area contributed by atoms with Crippen molar-refractivity contribution in [1.29, 1.82) is 0 Å². The normalized spacial score (nSPS) is 31.7. The van der Waals surface area contributed by atoms with Gasteiger partial charge in [-0.3, -0.25) is 9.69 Å². The lowest BCUT2D eigenvalue weighted by molar-refractivity contribution is -0.00345. The van der Waals surface area contributed by atoms with E-state index in [1.807, 2.05) is 6.92 Å². The third-order valence-electron chi connectivity index (χ3n) is 6.71. The lowest BCUT2D eigenvalue weighted by Crippen LogP contribution is -2.60. The molecule has 3 atom stereocenters. The van der Waals surface area contributed by atoms with Crippen LogP contribution in [-0.2, 0) is 0 Å². The Hall–Kier alpha value is -2.47. The molecule has 4 aliphatic rings. The van der Waals surface area contributed by atoms with E-state index in [0.717, 1.165) is 19.6 Å². The number of amides is 1. The van der Waals surface area contributed by atoms with Crippen molar-refractivity contribution < 1.29 is 4.79 Å². The number of aryl methyl sites for hydroxylation is 1. The molecule has 0 saturated carbocycles. The number of nitrogens with two attached hydrogens (primary N) is 1. The first-order valence-corrected chi connectivity index (χ1v) is 9.82. The lowest BCUT2D eigenvalue weighted by Gasteiger charge is -2.51. The Morgan fingerprint density at radius 1 is 1.15 bits per heavy atom. The molecule has 4 saturated heterocycles. The zero-order valence-electron chi connectivity index (χ0n) is 15.6. The number of nitrogen functional groups attached to an aromatic ring is 1. The van der Waals surface area contributed by atoms with E-state index in [0.29, 0.717) is 29.1 Å². The first-order chi connectivity index (χ1) is 13.1. The first kappa shape index (κ1) is 16.7. The van der Waals surface area contributed by atoms with Gasteiger partial charge in [0, 0.05) is 24.7 Å². The average molecular weight is 363 g/mol. The van der Waals surface area contributed by atoms with Gasteiger partial charge in [-0.05, 0) is 44.3 Å². The van der Waals surface area contributed by atoms with Gasteiger partial charge in [-0.2, -0.15) is 0 Å². The number of carbonyl (C=O) groups is 1. The fraction of sp³-hybridized carbons (Fsp3) is 0.476. The van der Waals surface area contributed by atoms with Crippen LogP contribution in [0.15, 0.2) is 36.5 Å². The number of piperidine rings is 3. The monoisotopic (exact) mass is 363 g/mol. The van der Waals surface area contributed by atoms with Crippen molar-refractivity contribution >= 4 is 11.9 Å². The Labute approximate surface area is 159 Å². The van der Waals surface area contributed by atoms with Gasteiger partial charge in [0.2, 0.25) is 5.95 Å². The molecule has 6 nitrogen and oxygen atoms in total. The number of hydrogen-bond acceptors (Lipinski definition) is 5. The van der Waals surface area contributed by atoms with Gasteiger partial charge in [0.05, 0.1) is 17.3 Å².